The van der Waals surface area contributed by atoms with Gasteiger partial charge in [-0.1, -0.05) is 26.8 Å². The van der Waals surface area contributed by atoms with Crippen molar-refractivity contribution in [1.29, 1.82) is 0 Å². The van der Waals surface area contributed by atoms with Crippen LogP contribution in [0.1, 0.15) is 27.2 Å². The van der Waals surface area contributed by atoms with Gasteiger partial charge in [-0.25, -0.2) is 0 Å². The molecule has 0 aliphatic rings. The van der Waals surface area contributed by atoms with Gasteiger partial charge in [-0.05, 0) is 17.9 Å². The van der Waals surface area contributed by atoms with Gasteiger partial charge in [-0.3, -0.25) is 10.1 Å². The molecule has 1 aromatic carbocycles. The summed E-state index contributed by atoms with van der Waals surface area (Å²) < 4.78 is 0. The molecule has 4 nitrogen and oxygen atoms in total. The van der Waals surface area contributed by atoms with Gasteiger partial charge in [0.1, 0.15) is 0 Å². The standard InChI is InChI=1S/C12H18N2O2/c1-12(2,3)7-8-13-10-5-4-6-11(9-10)14(15)16/h4-6,9,13H,7-8H2,1-3H3. The molecular weight excluding hydrogens is 204 g/mol. The zero-order chi connectivity index (χ0) is 12.2. The van der Waals surface area contributed by atoms with E-state index in [1.165, 1.54) is 6.07 Å². The van der Waals surface area contributed by atoms with Crippen LogP contribution in [0.2, 0.25) is 0 Å². The average Bonchev–Trinajstić information content (AvgIpc) is 2.16. The summed E-state index contributed by atoms with van der Waals surface area (Å²) in [6.45, 7) is 7.33. The van der Waals surface area contributed by atoms with E-state index in [1.807, 2.05) is 6.07 Å². The summed E-state index contributed by atoms with van der Waals surface area (Å²) in [4.78, 5) is 10.2. The van der Waals surface area contributed by atoms with E-state index in [0.29, 0.717) is 0 Å². The lowest BCUT2D eigenvalue weighted by Gasteiger charge is -2.18. The molecule has 0 amide bonds. The molecule has 4 heteroatoms. The molecule has 0 radical (unpaired) electrons. The molecule has 0 aliphatic carbocycles. The monoisotopic (exact) mass is 222 g/mol. The average molecular weight is 222 g/mol. The molecule has 0 fully saturated rings. The first-order chi connectivity index (χ1) is 7.38. The Bertz CT molecular complexity index is 370. The molecule has 0 saturated carbocycles. The number of hydrogen-bond donors (Lipinski definition) is 1. The molecule has 0 atom stereocenters. The number of hydrogen-bond acceptors (Lipinski definition) is 3. The van der Waals surface area contributed by atoms with E-state index in [9.17, 15) is 10.1 Å². The van der Waals surface area contributed by atoms with E-state index in [2.05, 4.69) is 26.1 Å². The number of nitro benzene ring substituents is 1. The summed E-state index contributed by atoms with van der Waals surface area (Å²) in [6, 6.07) is 6.59. The van der Waals surface area contributed by atoms with Crippen molar-refractivity contribution in [2.75, 3.05) is 11.9 Å². The number of nitrogens with one attached hydrogen (secondary N) is 1. The number of rotatable bonds is 4. The van der Waals surface area contributed by atoms with Gasteiger partial charge in [0, 0.05) is 24.4 Å². The summed E-state index contributed by atoms with van der Waals surface area (Å²) in [5.74, 6) is 0. The van der Waals surface area contributed by atoms with Crippen LogP contribution in [0, 0.1) is 15.5 Å². The lowest BCUT2D eigenvalue weighted by atomic mass is 9.92. The first-order valence-electron chi connectivity index (χ1n) is 5.37. The highest BCUT2D eigenvalue weighted by Crippen LogP contribution is 2.20. The minimum Gasteiger partial charge on any atom is -0.385 e. The maximum Gasteiger partial charge on any atom is 0.271 e. The van der Waals surface area contributed by atoms with Crippen molar-refractivity contribution >= 4 is 11.4 Å². The van der Waals surface area contributed by atoms with E-state index in [4.69, 9.17) is 0 Å². The fourth-order valence-corrected chi connectivity index (χ4v) is 1.31. The normalized spacial score (nSPS) is 11.2. The highest BCUT2D eigenvalue weighted by molar-refractivity contribution is 5.50. The molecule has 0 heterocycles. The quantitative estimate of drug-likeness (QED) is 0.627. The molecule has 1 N–H and O–H groups in total. The van der Waals surface area contributed by atoms with E-state index < -0.39 is 0 Å². The summed E-state index contributed by atoms with van der Waals surface area (Å²) in [5, 5.41) is 13.8. The molecule has 0 unspecified atom stereocenters. The Balaban J connectivity index is 2.55. The minimum absolute atomic E-state index is 0.126. The third kappa shape index (κ3) is 4.29. The lowest BCUT2D eigenvalue weighted by molar-refractivity contribution is -0.384. The second kappa shape index (κ2) is 4.96. The zero-order valence-electron chi connectivity index (χ0n) is 9.99. The molecule has 1 aromatic rings. The van der Waals surface area contributed by atoms with Crippen LogP contribution < -0.4 is 5.32 Å². The molecule has 0 spiro atoms. The van der Waals surface area contributed by atoms with Gasteiger partial charge in [-0.15, -0.1) is 0 Å². The topological polar surface area (TPSA) is 55.2 Å². The van der Waals surface area contributed by atoms with E-state index >= 15 is 0 Å². The third-order valence-electron chi connectivity index (χ3n) is 2.26. The van der Waals surface area contributed by atoms with Crippen LogP contribution in [0.25, 0.3) is 0 Å². The van der Waals surface area contributed by atoms with Crippen LogP contribution in [0.3, 0.4) is 0 Å². The van der Waals surface area contributed by atoms with Crippen molar-refractivity contribution in [3.63, 3.8) is 0 Å². The summed E-state index contributed by atoms with van der Waals surface area (Å²) in [7, 11) is 0. The fourth-order valence-electron chi connectivity index (χ4n) is 1.31. The highest BCUT2D eigenvalue weighted by Gasteiger charge is 2.10. The molecular formula is C12H18N2O2. The number of nitro groups is 1. The molecule has 88 valence electrons. The van der Waals surface area contributed by atoms with Crippen LogP contribution in [0.15, 0.2) is 24.3 Å². The minimum atomic E-state index is -0.380. The second-order valence-electron chi connectivity index (χ2n) is 5.04. The van der Waals surface area contributed by atoms with Crippen molar-refractivity contribution in [2.45, 2.75) is 27.2 Å². The van der Waals surface area contributed by atoms with Gasteiger partial charge in [0.05, 0.1) is 4.92 Å². The molecule has 0 aromatic heterocycles. The van der Waals surface area contributed by atoms with Crippen LogP contribution in [0.5, 0.6) is 0 Å². The second-order valence-corrected chi connectivity index (χ2v) is 5.04. The van der Waals surface area contributed by atoms with Gasteiger partial charge in [0.2, 0.25) is 0 Å². The van der Waals surface area contributed by atoms with Crippen LogP contribution >= 0.6 is 0 Å². The largest absolute Gasteiger partial charge is 0.385 e. The number of benzene rings is 1. The van der Waals surface area contributed by atoms with Gasteiger partial charge in [0.15, 0.2) is 0 Å². The predicted molar refractivity (Wildman–Crippen MR) is 65.7 cm³/mol. The van der Waals surface area contributed by atoms with Crippen molar-refractivity contribution in [3.05, 3.63) is 34.4 Å². The SMILES string of the molecule is CC(C)(C)CCNc1cccc([N+](=O)[O-])c1. The van der Waals surface area contributed by atoms with Gasteiger partial charge < -0.3 is 5.32 Å². The van der Waals surface area contributed by atoms with Crippen LogP contribution in [-0.4, -0.2) is 11.5 Å². The van der Waals surface area contributed by atoms with Gasteiger partial charge in [-0.2, -0.15) is 0 Å². The van der Waals surface area contributed by atoms with Crippen molar-refractivity contribution in [2.24, 2.45) is 5.41 Å². The first-order valence-corrected chi connectivity index (χ1v) is 5.37. The van der Waals surface area contributed by atoms with Crippen molar-refractivity contribution in [3.8, 4) is 0 Å². The summed E-state index contributed by atoms with van der Waals surface area (Å²) >= 11 is 0. The fraction of sp³-hybridized carbons (Fsp3) is 0.500. The molecule has 0 bridgehead atoms. The Morgan fingerprint density at radius 1 is 1.38 bits per heavy atom. The van der Waals surface area contributed by atoms with Crippen LogP contribution in [-0.2, 0) is 0 Å². The third-order valence-corrected chi connectivity index (χ3v) is 2.26. The smallest absolute Gasteiger partial charge is 0.271 e. The maximum atomic E-state index is 10.6. The van der Waals surface area contributed by atoms with E-state index in [-0.39, 0.29) is 16.0 Å². The Hall–Kier alpha value is -1.58. The Kier molecular flexibility index (Phi) is 3.88. The Morgan fingerprint density at radius 3 is 2.62 bits per heavy atom. The van der Waals surface area contributed by atoms with Crippen LogP contribution in [0.4, 0.5) is 11.4 Å². The maximum absolute atomic E-state index is 10.6. The first kappa shape index (κ1) is 12.5. The molecule has 0 aliphatic heterocycles. The summed E-state index contributed by atoms with van der Waals surface area (Å²) in [5.41, 5.74) is 1.20. The van der Waals surface area contributed by atoms with E-state index in [0.717, 1.165) is 18.7 Å². The Labute approximate surface area is 95.8 Å². The molecule has 0 saturated heterocycles. The van der Waals surface area contributed by atoms with Gasteiger partial charge >= 0.3 is 0 Å². The van der Waals surface area contributed by atoms with E-state index in [1.54, 1.807) is 12.1 Å². The summed E-state index contributed by atoms with van der Waals surface area (Å²) in [6.07, 6.45) is 1.02. The molecule has 1 rings (SSSR count). The Morgan fingerprint density at radius 2 is 2.06 bits per heavy atom. The number of nitrogens with zero attached hydrogens (tertiary/aromatic N) is 1. The zero-order valence-corrected chi connectivity index (χ0v) is 9.99. The highest BCUT2D eigenvalue weighted by atomic mass is 16.6. The van der Waals surface area contributed by atoms with Crippen molar-refractivity contribution in [1.82, 2.24) is 0 Å². The predicted octanol–water partition coefficient (Wildman–Crippen LogP) is 3.44. The van der Waals surface area contributed by atoms with Gasteiger partial charge in [0.25, 0.3) is 5.69 Å². The molecule has 16 heavy (non-hydrogen) atoms. The number of non-ortho nitro benzene ring substituents is 1. The number of anilines is 1. The van der Waals surface area contributed by atoms with Crippen molar-refractivity contribution < 1.29 is 4.92 Å². The lowest BCUT2D eigenvalue weighted by Crippen LogP contribution is -2.12.